The van der Waals surface area contributed by atoms with Gasteiger partial charge >= 0.3 is 0 Å². The smallest absolute Gasteiger partial charge is 0.234 e. The minimum atomic E-state index is -0.0693. The lowest BCUT2D eigenvalue weighted by Crippen LogP contribution is -2.16. The molecule has 174 valence electrons. The molecule has 0 aliphatic carbocycles. The average Bonchev–Trinajstić information content (AvgIpc) is 3.23. The van der Waals surface area contributed by atoms with Gasteiger partial charge in [0.25, 0.3) is 0 Å². The molecular formula is C27H29N5OS. The summed E-state index contributed by atoms with van der Waals surface area (Å²) in [5, 5.41) is 16.0. The van der Waals surface area contributed by atoms with Crippen LogP contribution >= 0.6 is 11.8 Å². The van der Waals surface area contributed by atoms with Crippen LogP contribution in [0.2, 0.25) is 0 Å². The van der Waals surface area contributed by atoms with E-state index in [9.17, 15) is 4.79 Å². The number of hydrogen-bond acceptors (Lipinski definition) is 5. The Morgan fingerprint density at radius 1 is 0.853 bits per heavy atom. The number of rotatable bonds is 8. The Bertz CT molecular complexity index is 1260. The molecule has 0 saturated carbocycles. The van der Waals surface area contributed by atoms with Gasteiger partial charge in [-0.15, -0.1) is 10.2 Å². The molecule has 4 rings (SSSR count). The summed E-state index contributed by atoms with van der Waals surface area (Å²) >= 11 is 1.38. The Hall–Kier alpha value is -3.58. The molecule has 6 nitrogen and oxygen atoms in total. The van der Waals surface area contributed by atoms with Crippen LogP contribution in [0.1, 0.15) is 28.1 Å². The highest BCUT2D eigenvalue weighted by Crippen LogP contribution is 2.25. The Morgan fingerprint density at radius 3 is 2.12 bits per heavy atom. The van der Waals surface area contributed by atoms with Crippen LogP contribution in [0.25, 0.3) is 5.69 Å². The molecule has 1 heterocycles. The zero-order valence-electron chi connectivity index (χ0n) is 19.9. The van der Waals surface area contributed by atoms with Gasteiger partial charge in [-0.3, -0.25) is 9.36 Å². The molecule has 3 aromatic carbocycles. The van der Waals surface area contributed by atoms with Crippen molar-refractivity contribution in [3.05, 3.63) is 94.8 Å². The maximum Gasteiger partial charge on any atom is 0.234 e. The number of thioether (sulfide) groups is 1. The Balaban J connectivity index is 1.52. The van der Waals surface area contributed by atoms with Crippen LogP contribution in [-0.2, 0) is 11.3 Å². The van der Waals surface area contributed by atoms with Crippen molar-refractivity contribution in [1.82, 2.24) is 14.8 Å². The Labute approximate surface area is 204 Å². The fourth-order valence-corrected chi connectivity index (χ4v) is 4.40. The molecular weight excluding hydrogens is 442 g/mol. The van der Waals surface area contributed by atoms with E-state index in [1.807, 2.05) is 36.6 Å². The molecule has 7 heteroatoms. The van der Waals surface area contributed by atoms with Gasteiger partial charge in [-0.2, -0.15) is 0 Å². The number of carbonyl (C=O) groups excluding carboxylic acids is 1. The molecule has 0 unspecified atom stereocenters. The Morgan fingerprint density at radius 2 is 1.47 bits per heavy atom. The van der Waals surface area contributed by atoms with E-state index in [-0.39, 0.29) is 11.7 Å². The van der Waals surface area contributed by atoms with Gasteiger partial charge in [-0.1, -0.05) is 65.4 Å². The quantitative estimate of drug-likeness (QED) is 0.316. The van der Waals surface area contributed by atoms with Gasteiger partial charge in [0, 0.05) is 17.1 Å². The van der Waals surface area contributed by atoms with Gasteiger partial charge in [0.1, 0.15) is 0 Å². The van der Waals surface area contributed by atoms with Gasteiger partial charge in [-0.05, 0) is 63.1 Å². The van der Waals surface area contributed by atoms with E-state index in [0.717, 1.165) is 34.0 Å². The number of nitrogens with one attached hydrogen (secondary N) is 2. The van der Waals surface area contributed by atoms with Crippen molar-refractivity contribution in [1.29, 1.82) is 0 Å². The maximum atomic E-state index is 12.7. The number of aromatic nitrogens is 3. The van der Waals surface area contributed by atoms with Gasteiger partial charge in [-0.25, -0.2) is 0 Å². The van der Waals surface area contributed by atoms with Crippen LogP contribution < -0.4 is 10.6 Å². The summed E-state index contributed by atoms with van der Waals surface area (Å²) in [7, 11) is 0. The standard InChI is InChI=1S/C27H29N5OS/c1-18-8-12-22(13-9-18)28-16-24-30-31-27(32(24)23-14-10-19(2)11-15-23)34-17-25(33)29-26-20(3)6-5-7-21(26)4/h5-15,28H,16-17H2,1-4H3,(H,29,33). The van der Waals surface area contributed by atoms with E-state index in [2.05, 4.69) is 83.2 Å². The van der Waals surface area contributed by atoms with E-state index in [4.69, 9.17) is 0 Å². The minimum absolute atomic E-state index is 0.0693. The molecule has 34 heavy (non-hydrogen) atoms. The molecule has 0 aliphatic heterocycles. The predicted molar refractivity (Wildman–Crippen MR) is 140 cm³/mol. The summed E-state index contributed by atoms with van der Waals surface area (Å²) in [5.41, 5.74) is 7.34. The fraction of sp³-hybridized carbons (Fsp3) is 0.222. The zero-order valence-corrected chi connectivity index (χ0v) is 20.7. The van der Waals surface area contributed by atoms with Crippen LogP contribution in [0.3, 0.4) is 0 Å². The third-order valence-corrected chi connectivity index (χ3v) is 6.50. The van der Waals surface area contributed by atoms with Crippen molar-refractivity contribution in [2.24, 2.45) is 0 Å². The molecule has 0 fully saturated rings. The number of para-hydroxylation sites is 1. The van der Waals surface area contributed by atoms with E-state index >= 15 is 0 Å². The topological polar surface area (TPSA) is 71.8 Å². The predicted octanol–water partition coefficient (Wildman–Crippen LogP) is 5.84. The molecule has 1 amide bonds. The SMILES string of the molecule is Cc1ccc(NCc2nnc(SCC(=O)Nc3c(C)cccc3C)n2-c2ccc(C)cc2)cc1. The summed E-state index contributed by atoms with van der Waals surface area (Å²) in [4.78, 5) is 12.7. The molecule has 0 radical (unpaired) electrons. The number of aryl methyl sites for hydroxylation is 4. The van der Waals surface area contributed by atoms with Crippen molar-refractivity contribution >= 4 is 29.0 Å². The van der Waals surface area contributed by atoms with E-state index in [1.54, 1.807) is 0 Å². The fourth-order valence-electron chi connectivity index (χ4n) is 3.63. The third kappa shape index (κ3) is 5.66. The third-order valence-electron chi connectivity index (χ3n) is 5.57. The van der Waals surface area contributed by atoms with E-state index in [0.29, 0.717) is 11.7 Å². The number of nitrogens with zero attached hydrogens (tertiary/aromatic N) is 3. The number of hydrogen-bond donors (Lipinski definition) is 2. The second kappa shape index (κ2) is 10.6. The summed E-state index contributed by atoms with van der Waals surface area (Å²) in [6.07, 6.45) is 0. The van der Waals surface area contributed by atoms with Gasteiger partial charge in [0.15, 0.2) is 11.0 Å². The van der Waals surface area contributed by atoms with Crippen LogP contribution in [0.15, 0.2) is 71.9 Å². The zero-order chi connectivity index (χ0) is 24.1. The number of amides is 1. The molecule has 0 aliphatic rings. The van der Waals surface area contributed by atoms with Crippen molar-refractivity contribution in [2.75, 3.05) is 16.4 Å². The summed E-state index contributed by atoms with van der Waals surface area (Å²) < 4.78 is 2.01. The van der Waals surface area contributed by atoms with Crippen LogP contribution in [0.4, 0.5) is 11.4 Å². The summed E-state index contributed by atoms with van der Waals surface area (Å²) in [5.74, 6) is 0.950. The largest absolute Gasteiger partial charge is 0.378 e. The molecule has 0 spiro atoms. The van der Waals surface area contributed by atoms with Gasteiger partial charge < -0.3 is 10.6 Å². The highest BCUT2D eigenvalue weighted by molar-refractivity contribution is 7.99. The van der Waals surface area contributed by atoms with Crippen LogP contribution in [-0.4, -0.2) is 26.4 Å². The van der Waals surface area contributed by atoms with Crippen molar-refractivity contribution in [2.45, 2.75) is 39.4 Å². The lowest BCUT2D eigenvalue weighted by atomic mass is 10.1. The normalized spacial score (nSPS) is 10.8. The Kier molecular flexibility index (Phi) is 7.33. The molecule has 0 atom stereocenters. The molecule has 1 aromatic heterocycles. The highest BCUT2D eigenvalue weighted by atomic mass is 32.2. The van der Waals surface area contributed by atoms with Crippen molar-refractivity contribution in [3.8, 4) is 5.69 Å². The van der Waals surface area contributed by atoms with Gasteiger partial charge in [0.05, 0.1) is 12.3 Å². The summed E-state index contributed by atoms with van der Waals surface area (Å²) in [6.45, 7) is 8.63. The number of carbonyl (C=O) groups is 1. The first kappa shape index (κ1) is 23.6. The second-order valence-electron chi connectivity index (χ2n) is 8.39. The van der Waals surface area contributed by atoms with Gasteiger partial charge in [0.2, 0.25) is 5.91 Å². The lowest BCUT2D eigenvalue weighted by molar-refractivity contribution is -0.113. The van der Waals surface area contributed by atoms with Crippen LogP contribution in [0, 0.1) is 27.7 Å². The first-order chi connectivity index (χ1) is 16.4. The average molecular weight is 472 g/mol. The van der Waals surface area contributed by atoms with Crippen molar-refractivity contribution in [3.63, 3.8) is 0 Å². The molecule has 0 saturated heterocycles. The number of anilines is 2. The molecule has 4 aromatic rings. The first-order valence-corrected chi connectivity index (χ1v) is 12.2. The minimum Gasteiger partial charge on any atom is -0.378 e. The lowest BCUT2D eigenvalue weighted by Gasteiger charge is -2.13. The molecule has 2 N–H and O–H groups in total. The number of benzene rings is 3. The summed E-state index contributed by atoms with van der Waals surface area (Å²) in [6, 6.07) is 22.5. The van der Waals surface area contributed by atoms with Crippen molar-refractivity contribution < 1.29 is 4.79 Å². The monoisotopic (exact) mass is 471 g/mol. The maximum absolute atomic E-state index is 12.7. The highest BCUT2D eigenvalue weighted by Gasteiger charge is 2.16. The molecule has 0 bridgehead atoms. The second-order valence-corrected chi connectivity index (χ2v) is 9.34. The first-order valence-electron chi connectivity index (χ1n) is 11.2. The van der Waals surface area contributed by atoms with E-state index in [1.165, 1.54) is 22.9 Å². The van der Waals surface area contributed by atoms with Crippen LogP contribution in [0.5, 0.6) is 0 Å². The van der Waals surface area contributed by atoms with E-state index < -0.39 is 0 Å².